The Labute approximate surface area is 258 Å². The normalized spacial score (nSPS) is 39.0. The van der Waals surface area contributed by atoms with Gasteiger partial charge in [0.15, 0.2) is 47.7 Å². The Morgan fingerprint density at radius 3 is 2.38 bits per heavy atom. The van der Waals surface area contributed by atoms with E-state index in [0.717, 1.165) is 10.9 Å². The number of ether oxygens (including phenoxy) is 2. The van der Waals surface area contributed by atoms with Gasteiger partial charge in [0.05, 0.1) is 45.5 Å². The third-order valence-electron chi connectivity index (χ3n) is 7.41. The number of carbonyl (C=O) groups is 1. The lowest BCUT2D eigenvalue weighted by molar-refractivity contribution is -0.0568. The number of pyridine rings is 1. The van der Waals surface area contributed by atoms with Gasteiger partial charge in [-0.25, -0.2) is 28.7 Å². The molecule has 3 saturated heterocycles. The smallest absolute Gasteiger partial charge is 0.325 e. The third-order valence-corrected chi connectivity index (χ3v) is 9.74. The molecule has 3 fully saturated rings. The van der Waals surface area contributed by atoms with Crippen molar-refractivity contribution in [2.45, 2.75) is 55.6 Å². The van der Waals surface area contributed by atoms with E-state index in [4.69, 9.17) is 50.8 Å². The summed E-state index contributed by atoms with van der Waals surface area (Å²) < 4.78 is 82.5. The minimum Gasteiger partial charge on any atom is -0.397 e. The number of carbonyl (C=O) groups excluding carboxylic acids is 1. The van der Waals surface area contributed by atoms with Gasteiger partial charge in [-0.05, 0) is 17.9 Å². The summed E-state index contributed by atoms with van der Waals surface area (Å²) in [6.07, 6.45) is -8.64. The van der Waals surface area contributed by atoms with Gasteiger partial charge in [0.1, 0.15) is 43.2 Å². The molecule has 0 amide bonds. The van der Waals surface area contributed by atoms with E-state index in [9.17, 15) is 14.3 Å². The summed E-state index contributed by atoms with van der Waals surface area (Å²) in [5, 5.41) is 0. The molecule has 3 aromatic heterocycles. The molecular weight excluding hydrogens is 663 g/mol. The summed E-state index contributed by atoms with van der Waals surface area (Å²) in [6, 6.07) is 1.54. The molecular formula is C22H26BF2N8O9P2S-. The van der Waals surface area contributed by atoms with E-state index < -0.39 is 90.0 Å². The van der Waals surface area contributed by atoms with Crippen molar-refractivity contribution in [2.24, 2.45) is 10.7 Å². The number of aromatic nitrogens is 5. The fourth-order valence-electron chi connectivity index (χ4n) is 5.38. The first kappa shape index (κ1) is 30.9. The van der Waals surface area contributed by atoms with Gasteiger partial charge in [-0.2, -0.15) is 0 Å². The molecule has 17 nitrogen and oxygen atoms in total. The molecule has 7 heterocycles. The standard InChI is InChI=1S/C22H26BF2N8O9P2S/c23-43(35)37-4-10-18(14(25)22(39-10)33-7-30-16-9(34)3-12(27)31-20(16)33)42-44(36,45)38-5-11-17(41-43)13(24)21(40-11)32-6-29-15-8(26)1-2-28-19(15)32/h1-2,6-7,10-11,13-14,17-18,21-22H,3-5H2,23H3,(H2,26,28)(H2,27,31)(H,36,45)/q-1/t10-,11?,13-,14-,17-,18-,21-,22-,43?,44?/m1/s1. The lowest BCUT2D eigenvalue weighted by Crippen LogP contribution is -2.37. The molecule has 23 heteroatoms. The van der Waals surface area contributed by atoms with E-state index in [1.807, 2.05) is 0 Å². The zero-order valence-corrected chi connectivity index (χ0v) is 24.8. The number of aliphatic imine (C=N–C) groups is 1. The molecule has 0 saturated carbocycles. The zero-order chi connectivity index (χ0) is 31.8. The average Bonchev–Trinajstić information content (AvgIpc) is 3.72. The molecule has 3 aromatic rings. The van der Waals surface area contributed by atoms with Gasteiger partial charge >= 0.3 is 6.72 Å². The van der Waals surface area contributed by atoms with Crippen LogP contribution in [0.2, 0.25) is 0 Å². The van der Waals surface area contributed by atoms with E-state index in [1.165, 1.54) is 23.2 Å². The number of nitrogens with zero attached hydrogens (tertiary/aromatic N) is 6. The first-order valence-electron chi connectivity index (χ1n) is 13.0. The number of Topliss-reactive ketones (excluding diaryl/α,β-unsaturated/α-hetero) is 1. The summed E-state index contributed by atoms with van der Waals surface area (Å²) in [5.41, 5.74) is 12.6. The Kier molecular flexibility index (Phi) is 7.71. The number of hydrogen-bond donors (Lipinski definition) is 3. The maximum atomic E-state index is 16.1. The van der Waals surface area contributed by atoms with Crippen LogP contribution in [0.1, 0.15) is 29.4 Å². The largest absolute Gasteiger partial charge is 0.397 e. The van der Waals surface area contributed by atoms with Crippen molar-refractivity contribution in [3.05, 3.63) is 30.6 Å². The van der Waals surface area contributed by atoms with Gasteiger partial charge in [-0.15, -0.1) is 0 Å². The highest BCUT2D eigenvalue weighted by atomic mass is 32.5. The molecule has 242 valence electrons. The molecule has 0 aliphatic carbocycles. The monoisotopic (exact) mass is 689 g/mol. The Morgan fingerprint density at radius 1 is 1.00 bits per heavy atom. The lowest BCUT2D eigenvalue weighted by Gasteiger charge is -2.31. The van der Waals surface area contributed by atoms with Gasteiger partial charge in [0.25, 0.3) is 0 Å². The predicted molar refractivity (Wildman–Crippen MR) is 158 cm³/mol. The first-order valence-corrected chi connectivity index (χ1v) is 16.7. The highest BCUT2D eigenvalue weighted by Crippen LogP contribution is 2.54. The maximum absolute atomic E-state index is 16.1. The summed E-state index contributed by atoms with van der Waals surface area (Å²) in [4.78, 5) is 39.9. The Morgan fingerprint density at radius 2 is 1.64 bits per heavy atom. The SMILES string of the molecule is [BH3-]P1(=O)OC[C@H]2O[C@@H](n3cnc4c3N=C(N)CC4=O)[C@H](F)[C@@H]2OP(O)(=S)OCC2O[C@@H](n3cnc4c(N)ccnc43)[C@H](F)[C@@H]2O1. The van der Waals surface area contributed by atoms with E-state index in [1.54, 1.807) is 0 Å². The van der Waals surface area contributed by atoms with Gasteiger partial charge in [0.2, 0.25) is 0 Å². The molecule has 5 N–H and O–H groups in total. The van der Waals surface area contributed by atoms with E-state index in [2.05, 4.69) is 19.9 Å². The molecule has 0 aromatic carbocycles. The van der Waals surface area contributed by atoms with Gasteiger partial charge in [-0.3, -0.25) is 18.5 Å². The van der Waals surface area contributed by atoms with Gasteiger partial charge in [-0.1, -0.05) is 0 Å². The van der Waals surface area contributed by atoms with Crippen LogP contribution in [-0.4, -0.2) is 98.1 Å². The van der Waals surface area contributed by atoms with Crippen molar-refractivity contribution in [3.8, 4) is 0 Å². The molecule has 0 radical (unpaired) electrons. The molecule has 10 atom stereocenters. The number of anilines is 1. The first-order chi connectivity index (χ1) is 21.3. The number of rotatable bonds is 2. The zero-order valence-electron chi connectivity index (χ0n) is 22.2. The van der Waals surface area contributed by atoms with Gasteiger partial charge in [0, 0.05) is 6.20 Å². The van der Waals surface area contributed by atoms with Crippen molar-refractivity contribution < 1.29 is 50.6 Å². The number of amidine groups is 1. The van der Waals surface area contributed by atoms with Crippen LogP contribution in [0.3, 0.4) is 0 Å². The Hall–Kier alpha value is -2.71. The second-order valence-corrected chi connectivity index (χ2v) is 13.9. The summed E-state index contributed by atoms with van der Waals surface area (Å²) in [7, 11) is -5.11. The van der Waals surface area contributed by atoms with Crippen molar-refractivity contribution in [3.63, 3.8) is 0 Å². The second-order valence-electron chi connectivity index (χ2n) is 10.2. The number of nitrogens with two attached hydrogens (primary N) is 2. The number of ketones is 1. The van der Waals surface area contributed by atoms with Crippen LogP contribution in [0.5, 0.6) is 0 Å². The fourth-order valence-corrected chi connectivity index (χ4v) is 7.60. The number of fused-ring (bicyclic) bond motifs is 4. The van der Waals surface area contributed by atoms with E-state index >= 15 is 8.78 Å². The van der Waals surface area contributed by atoms with Crippen LogP contribution in [0.4, 0.5) is 20.3 Å². The summed E-state index contributed by atoms with van der Waals surface area (Å²) >= 11 is 5.17. The topological polar surface area (TPSA) is 223 Å². The quantitative estimate of drug-likeness (QED) is 0.246. The minimum absolute atomic E-state index is 0.00813. The highest BCUT2D eigenvalue weighted by Gasteiger charge is 2.53. The highest BCUT2D eigenvalue weighted by molar-refractivity contribution is 8.07. The van der Waals surface area contributed by atoms with E-state index in [0.29, 0.717) is 11.2 Å². The van der Waals surface area contributed by atoms with Crippen molar-refractivity contribution >= 4 is 67.9 Å². The van der Waals surface area contributed by atoms with Crippen LogP contribution in [0, 0.1) is 0 Å². The second kappa shape index (κ2) is 11.2. The molecule has 4 aliphatic heterocycles. The number of imidazole rings is 2. The Balaban J connectivity index is 1.16. The predicted octanol–water partition coefficient (Wildman–Crippen LogP) is 0.464. The maximum Gasteiger partial charge on any atom is 0.325 e. The third kappa shape index (κ3) is 5.54. The number of hydrogen-bond acceptors (Lipinski definition) is 15. The Bertz CT molecular complexity index is 1820. The molecule has 4 aliphatic rings. The van der Waals surface area contributed by atoms with Crippen LogP contribution in [-0.2, 0) is 43.9 Å². The average molecular weight is 689 g/mol. The van der Waals surface area contributed by atoms with Crippen molar-refractivity contribution in [1.82, 2.24) is 24.1 Å². The van der Waals surface area contributed by atoms with Gasteiger partial charge < -0.3 is 44.0 Å². The van der Waals surface area contributed by atoms with Crippen LogP contribution in [0.15, 0.2) is 29.9 Å². The number of alkyl halides is 2. The minimum atomic E-state index is -4.25. The molecule has 45 heavy (non-hydrogen) atoms. The lowest BCUT2D eigenvalue weighted by atomic mass is 10.1. The van der Waals surface area contributed by atoms with Crippen LogP contribution in [0.25, 0.3) is 11.2 Å². The summed E-state index contributed by atoms with van der Waals surface area (Å²) in [5.74, 6) is -0.418. The molecule has 0 spiro atoms. The molecule has 7 rings (SSSR count). The van der Waals surface area contributed by atoms with Crippen molar-refractivity contribution in [1.29, 1.82) is 0 Å². The fraction of sp³-hybridized carbons (Fsp3) is 0.500. The molecule has 3 unspecified atom stereocenters. The number of nitrogen functional groups attached to an aromatic ring is 1. The van der Waals surface area contributed by atoms with Crippen LogP contribution >= 0.6 is 14.2 Å². The summed E-state index contributed by atoms with van der Waals surface area (Å²) in [6.45, 7) is -5.35. The number of halogens is 2. The van der Waals surface area contributed by atoms with Crippen molar-refractivity contribution in [2.75, 3.05) is 18.9 Å². The molecule has 0 bridgehead atoms. The van der Waals surface area contributed by atoms with Crippen LogP contribution < -0.4 is 11.5 Å². The van der Waals surface area contributed by atoms with E-state index in [-0.39, 0.29) is 29.4 Å².